The molecule has 4 aromatic rings. The monoisotopic (exact) mass is 494 g/mol. The van der Waals surface area contributed by atoms with Crippen molar-refractivity contribution in [2.75, 3.05) is 10.5 Å². The van der Waals surface area contributed by atoms with Crippen LogP contribution in [0.5, 0.6) is 0 Å². The van der Waals surface area contributed by atoms with Gasteiger partial charge in [-0.2, -0.15) is 5.26 Å². The van der Waals surface area contributed by atoms with Gasteiger partial charge in [-0.15, -0.1) is 0 Å². The molecule has 4 rings (SSSR count). The van der Waals surface area contributed by atoms with Crippen LogP contribution in [-0.2, 0) is 10.0 Å². The van der Waals surface area contributed by atoms with Crippen LogP contribution in [0.2, 0.25) is 10.0 Å². The van der Waals surface area contributed by atoms with Crippen LogP contribution in [0.4, 0.5) is 11.5 Å². The molecular formula is C24H16Cl2N4O2S. The molecule has 9 heteroatoms. The van der Waals surface area contributed by atoms with E-state index in [1.54, 1.807) is 54.6 Å². The predicted molar refractivity (Wildman–Crippen MR) is 132 cm³/mol. The van der Waals surface area contributed by atoms with Crippen LogP contribution in [0.1, 0.15) is 5.56 Å². The molecule has 0 saturated heterocycles. The van der Waals surface area contributed by atoms with Crippen LogP contribution in [-0.4, -0.2) is 13.4 Å². The van der Waals surface area contributed by atoms with Gasteiger partial charge in [-0.25, -0.2) is 13.4 Å². The Hall–Kier alpha value is -3.57. The third-order valence-electron chi connectivity index (χ3n) is 4.87. The van der Waals surface area contributed by atoms with E-state index in [1.165, 1.54) is 24.3 Å². The van der Waals surface area contributed by atoms with Crippen molar-refractivity contribution in [3.63, 3.8) is 0 Å². The lowest BCUT2D eigenvalue weighted by molar-refractivity contribution is 0.601. The van der Waals surface area contributed by atoms with Gasteiger partial charge in [0.1, 0.15) is 17.5 Å². The summed E-state index contributed by atoms with van der Waals surface area (Å²) < 4.78 is 27.7. The Labute approximate surface area is 201 Å². The highest BCUT2D eigenvalue weighted by Crippen LogP contribution is 2.32. The summed E-state index contributed by atoms with van der Waals surface area (Å²) in [5.74, 6) is 0.104. The highest BCUT2D eigenvalue weighted by Gasteiger charge is 2.16. The average Bonchev–Trinajstić information content (AvgIpc) is 2.79. The molecule has 0 saturated carbocycles. The molecule has 0 amide bonds. The minimum Gasteiger partial charge on any atom is -0.383 e. The molecule has 0 aliphatic carbocycles. The molecular weight excluding hydrogens is 479 g/mol. The molecule has 0 fully saturated rings. The van der Waals surface area contributed by atoms with Crippen molar-refractivity contribution in [2.45, 2.75) is 4.90 Å². The highest BCUT2D eigenvalue weighted by atomic mass is 35.5. The van der Waals surface area contributed by atoms with E-state index in [9.17, 15) is 13.7 Å². The molecule has 0 unspecified atom stereocenters. The second-order valence-corrected chi connectivity index (χ2v) is 9.63. The number of halogens is 2. The first-order chi connectivity index (χ1) is 15.8. The van der Waals surface area contributed by atoms with E-state index in [1.807, 2.05) is 0 Å². The number of anilines is 2. The molecule has 0 aliphatic rings. The fourth-order valence-electron chi connectivity index (χ4n) is 3.22. The number of nitrogens with one attached hydrogen (secondary N) is 1. The van der Waals surface area contributed by atoms with Crippen molar-refractivity contribution in [1.29, 1.82) is 5.26 Å². The first-order valence-electron chi connectivity index (χ1n) is 9.62. The normalized spacial score (nSPS) is 11.1. The Balaban J connectivity index is 1.66. The van der Waals surface area contributed by atoms with Crippen molar-refractivity contribution in [1.82, 2.24) is 4.98 Å². The maximum absolute atomic E-state index is 12.6. The third-order valence-corrected chi connectivity index (χ3v) is 6.77. The number of hydrogen-bond donors (Lipinski definition) is 2. The molecule has 6 nitrogen and oxygen atoms in total. The number of aromatic nitrogens is 1. The van der Waals surface area contributed by atoms with Gasteiger partial charge in [0, 0.05) is 26.9 Å². The van der Waals surface area contributed by atoms with Gasteiger partial charge in [0.2, 0.25) is 0 Å². The summed E-state index contributed by atoms with van der Waals surface area (Å²) >= 11 is 11.8. The van der Waals surface area contributed by atoms with Crippen LogP contribution >= 0.6 is 23.2 Å². The zero-order valence-electron chi connectivity index (χ0n) is 17.0. The molecule has 0 spiro atoms. The summed E-state index contributed by atoms with van der Waals surface area (Å²) in [7, 11) is -3.76. The zero-order chi connectivity index (χ0) is 23.6. The first kappa shape index (κ1) is 22.6. The SMILES string of the molecule is N#Cc1c(-c2ccc(Cl)cc2)cc(-c2ccc(NS(=O)(=O)c3ccc(Cl)cc3)cc2)nc1N. The first-order valence-corrected chi connectivity index (χ1v) is 11.9. The minimum atomic E-state index is -3.76. The zero-order valence-corrected chi connectivity index (χ0v) is 19.3. The van der Waals surface area contributed by atoms with Crippen molar-refractivity contribution >= 4 is 44.7 Å². The molecule has 0 aliphatic heterocycles. The van der Waals surface area contributed by atoms with E-state index in [0.29, 0.717) is 32.6 Å². The fraction of sp³-hybridized carbons (Fsp3) is 0. The average molecular weight is 495 g/mol. The van der Waals surface area contributed by atoms with Crippen molar-refractivity contribution in [3.8, 4) is 28.5 Å². The lowest BCUT2D eigenvalue weighted by atomic mass is 9.98. The summed E-state index contributed by atoms with van der Waals surface area (Å²) in [4.78, 5) is 4.46. The van der Waals surface area contributed by atoms with E-state index < -0.39 is 10.0 Å². The number of nitriles is 1. The van der Waals surface area contributed by atoms with Gasteiger partial charge in [0.15, 0.2) is 0 Å². The Kier molecular flexibility index (Phi) is 6.25. The van der Waals surface area contributed by atoms with Crippen LogP contribution in [0.25, 0.3) is 22.4 Å². The third kappa shape index (κ3) is 4.94. The van der Waals surface area contributed by atoms with Crippen LogP contribution in [0, 0.1) is 11.3 Å². The number of sulfonamides is 1. The molecule has 1 heterocycles. The molecule has 0 radical (unpaired) electrons. The molecule has 3 aromatic carbocycles. The van der Waals surface area contributed by atoms with Gasteiger partial charge in [-0.3, -0.25) is 4.72 Å². The summed E-state index contributed by atoms with van der Waals surface area (Å²) in [6.07, 6.45) is 0. The molecule has 33 heavy (non-hydrogen) atoms. The number of nitrogens with two attached hydrogens (primary N) is 1. The summed E-state index contributed by atoms with van der Waals surface area (Å²) in [5.41, 5.74) is 9.37. The smallest absolute Gasteiger partial charge is 0.261 e. The quantitative estimate of drug-likeness (QED) is 0.354. The van der Waals surface area contributed by atoms with Gasteiger partial charge < -0.3 is 5.73 Å². The van der Waals surface area contributed by atoms with Gasteiger partial charge in [0.05, 0.1) is 10.6 Å². The van der Waals surface area contributed by atoms with E-state index in [4.69, 9.17) is 28.9 Å². The summed E-state index contributed by atoms with van der Waals surface area (Å²) in [6, 6.07) is 23.5. The Bertz CT molecular complexity index is 1460. The number of benzene rings is 3. The Morgan fingerprint density at radius 2 is 1.39 bits per heavy atom. The Morgan fingerprint density at radius 1 is 0.848 bits per heavy atom. The van der Waals surface area contributed by atoms with Gasteiger partial charge in [0.25, 0.3) is 10.0 Å². The van der Waals surface area contributed by atoms with Gasteiger partial charge in [-0.1, -0.05) is 47.5 Å². The molecule has 164 valence electrons. The summed E-state index contributed by atoms with van der Waals surface area (Å²) in [6.45, 7) is 0. The van der Waals surface area contributed by atoms with E-state index in [-0.39, 0.29) is 16.3 Å². The van der Waals surface area contributed by atoms with E-state index in [2.05, 4.69) is 15.8 Å². The van der Waals surface area contributed by atoms with Crippen molar-refractivity contribution in [2.24, 2.45) is 0 Å². The number of hydrogen-bond acceptors (Lipinski definition) is 5. The van der Waals surface area contributed by atoms with Gasteiger partial charge in [-0.05, 0) is 60.2 Å². The largest absolute Gasteiger partial charge is 0.383 e. The lowest BCUT2D eigenvalue weighted by Gasteiger charge is -2.12. The number of nitrogens with zero attached hydrogens (tertiary/aromatic N) is 2. The minimum absolute atomic E-state index is 0.102. The standard InChI is InChI=1S/C24H16Cl2N4O2S/c25-17-5-1-15(2-6-17)21-13-23(29-24(28)22(21)14-27)16-3-9-19(10-4-16)30-33(31,32)20-11-7-18(26)8-12-20/h1-13,30H,(H2,28,29). The van der Waals surface area contributed by atoms with Crippen molar-refractivity contribution in [3.05, 3.63) is 94.5 Å². The summed E-state index contributed by atoms with van der Waals surface area (Å²) in [5, 5.41) is 10.6. The number of nitrogen functional groups attached to an aromatic ring is 1. The van der Waals surface area contributed by atoms with Crippen LogP contribution in [0.3, 0.4) is 0 Å². The fourth-order valence-corrected chi connectivity index (χ4v) is 4.53. The van der Waals surface area contributed by atoms with Crippen LogP contribution in [0.15, 0.2) is 83.8 Å². The highest BCUT2D eigenvalue weighted by molar-refractivity contribution is 7.92. The molecule has 1 aromatic heterocycles. The second-order valence-electron chi connectivity index (χ2n) is 7.07. The van der Waals surface area contributed by atoms with E-state index in [0.717, 1.165) is 5.56 Å². The maximum atomic E-state index is 12.6. The number of pyridine rings is 1. The molecule has 0 bridgehead atoms. The van der Waals surface area contributed by atoms with Gasteiger partial charge >= 0.3 is 0 Å². The second kappa shape index (κ2) is 9.12. The number of rotatable bonds is 5. The Morgan fingerprint density at radius 3 is 1.97 bits per heavy atom. The topological polar surface area (TPSA) is 109 Å². The predicted octanol–water partition coefficient (Wildman–Crippen LogP) is 5.98. The van der Waals surface area contributed by atoms with E-state index >= 15 is 0 Å². The maximum Gasteiger partial charge on any atom is 0.261 e. The lowest BCUT2D eigenvalue weighted by Crippen LogP contribution is -2.12. The van der Waals surface area contributed by atoms with Crippen molar-refractivity contribution < 1.29 is 8.42 Å². The molecule has 0 atom stereocenters. The molecule has 3 N–H and O–H groups in total. The van der Waals surface area contributed by atoms with Crippen LogP contribution < -0.4 is 10.5 Å².